The zero-order chi connectivity index (χ0) is 19.4. The van der Waals surface area contributed by atoms with Crippen molar-refractivity contribution in [3.05, 3.63) is 39.9 Å². The van der Waals surface area contributed by atoms with Gasteiger partial charge in [0, 0.05) is 10.5 Å². The molecule has 0 bridgehead atoms. The summed E-state index contributed by atoms with van der Waals surface area (Å²) in [5, 5.41) is 10.9. The molecular weight excluding hydrogens is 347 g/mol. The maximum Gasteiger partial charge on any atom is 0.491 e. The molecule has 1 atom stereocenters. The van der Waals surface area contributed by atoms with Gasteiger partial charge in [0.05, 0.1) is 11.8 Å². The van der Waals surface area contributed by atoms with Crippen LogP contribution in [0.1, 0.15) is 25.3 Å². The number of nitro groups is 1. The molecule has 0 aliphatic heterocycles. The minimum Gasteiger partial charge on any atom is -0.420 e. The molecule has 0 unspecified atom stereocenters. The van der Waals surface area contributed by atoms with E-state index in [-0.39, 0.29) is 5.56 Å². The second-order valence-corrected chi connectivity index (χ2v) is 5.25. The van der Waals surface area contributed by atoms with Crippen molar-refractivity contribution in [2.45, 2.75) is 25.9 Å². The van der Waals surface area contributed by atoms with Crippen molar-refractivity contribution < 1.29 is 37.2 Å². The third-order valence-electron chi connectivity index (χ3n) is 3.38. The van der Waals surface area contributed by atoms with E-state index in [1.807, 2.05) is 0 Å². The molecule has 10 heteroatoms. The molecule has 0 aliphatic carbocycles. The van der Waals surface area contributed by atoms with Gasteiger partial charge in [-0.05, 0) is 19.9 Å². The number of ketones is 2. The molecule has 0 heterocycles. The predicted molar refractivity (Wildman–Crippen MR) is 77.6 cm³/mol. The molecule has 0 spiro atoms. The highest BCUT2D eigenvalue weighted by atomic mass is 19.4. The van der Waals surface area contributed by atoms with Gasteiger partial charge in [-0.3, -0.25) is 19.7 Å². The van der Waals surface area contributed by atoms with Crippen molar-refractivity contribution in [3.63, 3.8) is 0 Å². The highest BCUT2D eigenvalue weighted by Crippen LogP contribution is 2.34. The average molecular weight is 361 g/mol. The Balaban J connectivity index is 3.40. The van der Waals surface area contributed by atoms with Crippen LogP contribution in [0.4, 0.5) is 13.2 Å². The maximum atomic E-state index is 12.4. The van der Waals surface area contributed by atoms with Gasteiger partial charge in [-0.1, -0.05) is 18.2 Å². The molecule has 0 fully saturated rings. The summed E-state index contributed by atoms with van der Waals surface area (Å²) in [5.41, 5.74) is -0.202. The van der Waals surface area contributed by atoms with Crippen LogP contribution in [-0.4, -0.2) is 35.2 Å². The van der Waals surface area contributed by atoms with E-state index < -0.39 is 52.8 Å². The first-order valence-corrected chi connectivity index (χ1v) is 6.95. The number of benzene rings is 1. The summed E-state index contributed by atoms with van der Waals surface area (Å²) in [6.45, 7) is 1.19. The second kappa shape index (κ2) is 7.86. The molecule has 1 aromatic rings. The third kappa shape index (κ3) is 5.37. The Labute approximate surface area is 139 Å². The molecule has 0 amide bonds. The van der Waals surface area contributed by atoms with E-state index in [0.717, 1.165) is 19.9 Å². The van der Waals surface area contributed by atoms with Crippen LogP contribution in [0.3, 0.4) is 0 Å². The van der Waals surface area contributed by atoms with Crippen LogP contribution in [0.5, 0.6) is 5.75 Å². The summed E-state index contributed by atoms with van der Waals surface area (Å²) in [5.74, 6) is -7.29. The van der Waals surface area contributed by atoms with Crippen LogP contribution in [-0.2, 0) is 14.4 Å². The van der Waals surface area contributed by atoms with Crippen LogP contribution >= 0.6 is 0 Å². The Morgan fingerprint density at radius 1 is 1.16 bits per heavy atom. The lowest BCUT2D eigenvalue weighted by Gasteiger charge is -2.22. The Bertz CT molecular complexity index is 687. The van der Waals surface area contributed by atoms with Crippen molar-refractivity contribution in [2.24, 2.45) is 5.92 Å². The smallest absolute Gasteiger partial charge is 0.420 e. The number of para-hydroxylation sites is 1. The van der Waals surface area contributed by atoms with Gasteiger partial charge >= 0.3 is 12.1 Å². The van der Waals surface area contributed by atoms with Crippen LogP contribution in [0.15, 0.2) is 24.3 Å². The molecule has 25 heavy (non-hydrogen) atoms. The highest BCUT2D eigenvalue weighted by Gasteiger charge is 2.43. The Kier molecular flexibility index (Phi) is 6.37. The highest BCUT2D eigenvalue weighted by molar-refractivity contribution is 6.01. The molecule has 0 saturated heterocycles. The zero-order valence-corrected chi connectivity index (χ0v) is 13.2. The number of Topliss-reactive ketones (excluding diaryl/α,β-unsaturated/α-hetero) is 2. The summed E-state index contributed by atoms with van der Waals surface area (Å²) >= 11 is 0. The number of ether oxygens (including phenoxy) is 1. The van der Waals surface area contributed by atoms with Crippen molar-refractivity contribution in [2.75, 3.05) is 6.54 Å². The van der Waals surface area contributed by atoms with E-state index in [1.165, 1.54) is 18.2 Å². The molecule has 0 aliphatic rings. The minimum absolute atomic E-state index is 0.202. The number of esters is 1. The fourth-order valence-corrected chi connectivity index (χ4v) is 2.43. The second-order valence-electron chi connectivity index (χ2n) is 5.25. The van der Waals surface area contributed by atoms with Gasteiger partial charge in [-0.2, -0.15) is 13.2 Å². The fraction of sp³-hybridized carbons (Fsp3) is 0.400. The summed E-state index contributed by atoms with van der Waals surface area (Å²) in [6, 6.07) is 4.77. The van der Waals surface area contributed by atoms with Gasteiger partial charge in [-0.25, -0.2) is 4.79 Å². The Hall–Kier alpha value is -2.78. The number of alkyl halides is 3. The molecule has 1 rings (SSSR count). The average Bonchev–Trinajstić information content (AvgIpc) is 2.44. The van der Waals surface area contributed by atoms with E-state index >= 15 is 0 Å². The fourth-order valence-electron chi connectivity index (χ4n) is 2.43. The molecule has 0 radical (unpaired) electrons. The number of nitrogens with zero attached hydrogens (tertiary/aromatic N) is 1. The van der Waals surface area contributed by atoms with E-state index in [2.05, 4.69) is 4.74 Å². The van der Waals surface area contributed by atoms with Crippen LogP contribution in [0.25, 0.3) is 0 Å². The van der Waals surface area contributed by atoms with E-state index in [0.29, 0.717) is 0 Å². The number of hydrogen-bond donors (Lipinski definition) is 0. The molecule has 1 aromatic carbocycles. The van der Waals surface area contributed by atoms with Gasteiger partial charge in [0.2, 0.25) is 6.54 Å². The Morgan fingerprint density at radius 3 is 2.12 bits per heavy atom. The maximum absolute atomic E-state index is 12.4. The summed E-state index contributed by atoms with van der Waals surface area (Å²) < 4.78 is 41.5. The van der Waals surface area contributed by atoms with Crippen LogP contribution in [0.2, 0.25) is 0 Å². The lowest BCUT2D eigenvalue weighted by atomic mass is 9.81. The topological polar surface area (TPSA) is 104 Å². The van der Waals surface area contributed by atoms with Crippen molar-refractivity contribution in [1.82, 2.24) is 0 Å². The third-order valence-corrected chi connectivity index (χ3v) is 3.38. The number of hydrogen-bond acceptors (Lipinski definition) is 6. The van der Waals surface area contributed by atoms with Gasteiger partial charge in [0.1, 0.15) is 17.3 Å². The zero-order valence-electron chi connectivity index (χ0n) is 13.2. The van der Waals surface area contributed by atoms with Crippen molar-refractivity contribution in [1.29, 1.82) is 0 Å². The largest absolute Gasteiger partial charge is 0.491 e. The number of carbonyl (C=O) groups is 3. The molecule has 7 nitrogen and oxygen atoms in total. The van der Waals surface area contributed by atoms with Crippen LogP contribution < -0.4 is 4.74 Å². The normalized spacial score (nSPS) is 12.6. The van der Waals surface area contributed by atoms with E-state index in [1.54, 1.807) is 0 Å². The van der Waals surface area contributed by atoms with Gasteiger partial charge in [-0.15, -0.1) is 0 Å². The standard InChI is InChI=1S/C15H14F3NO6/c1-8(20)13(9(2)21)11(7-19(23)24)10-5-3-4-6-12(10)25-14(22)15(16,17)18/h3-6,11,13H,7H2,1-2H3/t11-/m0/s1. The first-order chi connectivity index (χ1) is 11.4. The quantitative estimate of drug-likeness (QED) is 0.243. The minimum atomic E-state index is -5.27. The van der Waals surface area contributed by atoms with Gasteiger partial charge in [0.15, 0.2) is 0 Å². The lowest BCUT2D eigenvalue weighted by molar-refractivity contribution is -0.484. The molecule has 136 valence electrons. The molecular formula is C15H14F3NO6. The van der Waals surface area contributed by atoms with Crippen LogP contribution in [0, 0.1) is 16.0 Å². The monoisotopic (exact) mass is 361 g/mol. The molecule has 0 saturated carbocycles. The predicted octanol–water partition coefficient (Wildman–Crippen LogP) is 2.31. The van der Waals surface area contributed by atoms with Gasteiger partial charge in [0.25, 0.3) is 0 Å². The SMILES string of the molecule is CC(=O)C(C(C)=O)[C@@H](C[N+](=O)[O-])c1ccccc1OC(=O)C(F)(F)F. The Morgan fingerprint density at radius 2 is 1.68 bits per heavy atom. The van der Waals surface area contributed by atoms with E-state index in [9.17, 15) is 37.7 Å². The molecule has 0 aromatic heterocycles. The first-order valence-electron chi connectivity index (χ1n) is 6.95. The lowest BCUT2D eigenvalue weighted by Crippen LogP contribution is -2.33. The molecule has 0 N–H and O–H groups in total. The summed E-state index contributed by atoms with van der Waals surface area (Å²) in [4.78, 5) is 44.7. The van der Waals surface area contributed by atoms with Crippen molar-refractivity contribution >= 4 is 17.5 Å². The van der Waals surface area contributed by atoms with E-state index in [4.69, 9.17) is 0 Å². The number of carbonyl (C=O) groups excluding carboxylic acids is 3. The summed E-state index contributed by atoms with van der Waals surface area (Å²) in [7, 11) is 0. The van der Waals surface area contributed by atoms with Crippen molar-refractivity contribution in [3.8, 4) is 5.75 Å². The first kappa shape index (κ1) is 20.3. The van der Waals surface area contributed by atoms with Gasteiger partial charge < -0.3 is 4.74 Å². The summed E-state index contributed by atoms with van der Waals surface area (Å²) in [6.07, 6.45) is -5.27. The number of rotatable bonds is 7. The number of halogens is 3.